The van der Waals surface area contributed by atoms with Crippen LogP contribution < -0.4 is 10.6 Å². The summed E-state index contributed by atoms with van der Waals surface area (Å²) in [5.41, 5.74) is 1.02. The lowest BCUT2D eigenvalue weighted by atomic mass is 10.2. The number of nitrogens with one attached hydrogen (secondary N) is 2. The molecule has 2 atom stereocenters. The summed E-state index contributed by atoms with van der Waals surface area (Å²) in [6.45, 7) is 5.70. The van der Waals surface area contributed by atoms with E-state index in [0.29, 0.717) is 12.6 Å². The van der Waals surface area contributed by atoms with E-state index in [1.165, 1.54) is 31.4 Å². The molecule has 1 fully saturated rings. The minimum absolute atomic E-state index is 0.205. The fraction of sp³-hybridized carbons (Fsp3) is 0.562. The monoisotopic (exact) mass is 277 g/mol. The molecule has 0 spiro atoms. The van der Waals surface area contributed by atoms with Crippen LogP contribution in [-0.4, -0.2) is 18.5 Å². The SMILES string of the molecule is CCCC1CC1NC(=NCc1ccc(F)cc1)NCC. The highest BCUT2D eigenvalue weighted by Gasteiger charge is 2.36. The molecule has 1 aromatic rings. The van der Waals surface area contributed by atoms with E-state index >= 15 is 0 Å². The molecule has 2 unspecified atom stereocenters. The van der Waals surface area contributed by atoms with Crippen LogP contribution in [0.15, 0.2) is 29.3 Å². The summed E-state index contributed by atoms with van der Waals surface area (Å²) >= 11 is 0. The number of benzene rings is 1. The van der Waals surface area contributed by atoms with E-state index in [4.69, 9.17) is 0 Å². The summed E-state index contributed by atoms with van der Waals surface area (Å²) in [5.74, 6) is 1.46. The summed E-state index contributed by atoms with van der Waals surface area (Å²) < 4.78 is 12.8. The van der Waals surface area contributed by atoms with Gasteiger partial charge in [0, 0.05) is 12.6 Å². The standard InChI is InChI=1S/C16H24FN3/c1-3-5-13-10-15(13)20-16(18-4-2)19-11-12-6-8-14(17)9-7-12/h6-9,13,15H,3-5,10-11H2,1-2H3,(H2,18,19,20). The number of guanidine groups is 1. The average molecular weight is 277 g/mol. The zero-order valence-corrected chi connectivity index (χ0v) is 12.3. The Labute approximate surface area is 120 Å². The van der Waals surface area contributed by atoms with Crippen LogP contribution >= 0.6 is 0 Å². The Morgan fingerprint density at radius 1 is 1.30 bits per heavy atom. The highest BCUT2D eigenvalue weighted by Crippen LogP contribution is 2.34. The van der Waals surface area contributed by atoms with E-state index in [-0.39, 0.29) is 5.82 Å². The van der Waals surface area contributed by atoms with Gasteiger partial charge in [-0.3, -0.25) is 0 Å². The molecule has 2 N–H and O–H groups in total. The molecule has 110 valence electrons. The first-order valence-corrected chi connectivity index (χ1v) is 7.52. The van der Waals surface area contributed by atoms with Crippen LogP contribution in [0.2, 0.25) is 0 Å². The van der Waals surface area contributed by atoms with E-state index < -0.39 is 0 Å². The van der Waals surface area contributed by atoms with Crippen LogP contribution in [-0.2, 0) is 6.54 Å². The van der Waals surface area contributed by atoms with Crippen LogP contribution in [0.3, 0.4) is 0 Å². The molecular formula is C16H24FN3. The van der Waals surface area contributed by atoms with Crippen molar-refractivity contribution in [2.24, 2.45) is 10.9 Å². The van der Waals surface area contributed by atoms with Gasteiger partial charge < -0.3 is 10.6 Å². The lowest BCUT2D eigenvalue weighted by Gasteiger charge is -2.11. The van der Waals surface area contributed by atoms with E-state index in [9.17, 15) is 4.39 Å². The summed E-state index contributed by atoms with van der Waals surface area (Å²) in [4.78, 5) is 4.56. The average Bonchev–Trinajstić information content (AvgIpc) is 3.16. The van der Waals surface area contributed by atoms with E-state index in [1.807, 2.05) is 0 Å². The van der Waals surface area contributed by atoms with Crippen molar-refractivity contribution < 1.29 is 4.39 Å². The van der Waals surface area contributed by atoms with Gasteiger partial charge in [0.25, 0.3) is 0 Å². The maximum atomic E-state index is 12.8. The summed E-state index contributed by atoms with van der Waals surface area (Å²) in [6.07, 6.45) is 3.77. The van der Waals surface area contributed by atoms with Gasteiger partial charge in [0.15, 0.2) is 5.96 Å². The third-order valence-corrected chi connectivity index (χ3v) is 3.58. The van der Waals surface area contributed by atoms with Crippen LogP contribution in [0.25, 0.3) is 0 Å². The van der Waals surface area contributed by atoms with Crippen molar-refractivity contribution >= 4 is 5.96 Å². The predicted octanol–water partition coefficient (Wildman–Crippen LogP) is 3.07. The molecule has 4 heteroatoms. The fourth-order valence-corrected chi connectivity index (χ4v) is 2.37. The number of aliphatic imine (C=N–C) groups is 1. The first-order chi connectivity index (χ1) is 9.72. The lowest BCUT2D eigenvalue weighted by molar-refractivity contribution is 0.627. The van der Waals surface area contributed by atoms with Gasteiger partial charge >= 0.3 is 0 Å². The van der Waals surface area contributed by atoms with Crippen molar-refractivity contribution in [2.75, 3.05) is 6.54 Å². The van der Waals surface area contributed by atoms with Crippen molar-refractivity contribution in [1.29, 1.82) is 0 Å². The number of nitrogens with zero attached hydrogens (tertiary/aromatic N) is 1. The predicted molar refractivity (Wildman–Crippen MR) is 81.2 cm³/mol. The van der Waals surface area contributed by atoms with Gasteiger partial charge in [-0.2, -0.15) is 0 Å². The van der Waals surface area contributed by atoms with Gasteiger partial charge in [-0.25, -0.2) is 9.38 Å². The molecule has 2 rings (SSSR count). The van der Waals surface area contributed by atoms with Gasteiger partial charge in [-0.1, -0.05) is 25.5 Å². The van der Waals surface area contributed by atoms with Crippen LogP contribution in [0, 0.1) is 11.7 Å². The summed E-state index contributed by atoms with van der Waals surface area (Å²) in [6, 6.07) is 7.08. The van der Waals surface area contributed by atoms with Crippen LogP contribution in [0.1, 0.15) is 38.7 Å². The molecule has 0 amide bonds. The van der Waals surface area contributed by atoms with Gasteiger partial charge in [0.1, 0.15) is 5.82 Å². The Kier molecular flexibility index (Phi) is 5.39. The normalized spacial score (nSPS) is 21.6. The molecular weight excluding hydrogens is 253 g/mol. The number of halogens is 1. The first kappa shape index (κ1) is 14.8. The Balaban J connectivity index is 1.87. The number of hydrogen-bond donors (Lipinski definition) is 2. The molecule has 1 aliphatic rings. The molecule has 1 aliphatic carbocycles. The Morgan fingerprint density at radius 3 is 2.70 bits per heavy atom. The molecule has 1 saturated carbocycles. The molecule has 0 radical (unpaired) electrons. The van der Waals surface area contributed by atoms with Crippen molar-refractivity contribution in [1.82, 2.24) is 10.6 Å². The highest BCUT2D eigenvalue weighted by atomic mass is 19.1. The molecule has 0 heterocycles. The van der Waals surface area contributed by atoms with E-state index in [2.05, 4.69) is 29.5 Å². The molecule has 0 aromatic heterocycles. The molecule has 20 heavy (non-hydrogen) atoms. The summed E-state index contributed by atoms with van der Waals surface area (Å²) in [5, 5.41) is 6.74. The van der Waals surface area contributed by atoms with Crippen molar-refractivity contribution in [3.63, 3.8) is 0 Å². The molecule has 0 aliphatic heterocycles. The lowest BCUT2D eigenvalue weighted by Crippen LogP contribution is -2.39. The van der Waals surface area contributed by atoms with Crippen molar-refractivity contribution in [3.8, 4) is 0 Å². The Hall–Kier alpha value is -1.58. The second kappa shape index (κ2) is 7.27. The van der Waals surface area contributed by atoms with E-state index in [1.54, 1.807) is 12.1 Å². The van der Waals surface area contributed by atoms with Crippen molar-refractivity contribution in [3.05, 3.63) is 35.6 Å². The quantitative estimate of drug-likeness (QED) is 0.619. The largest absolute Gasteiger partial charge is 0.357 e. The summed E-state index contributed by atoms with van der Waals surface area (Å²) in [7, 11) is 0. The van der Waals surface area contributed by atoms with Crippen molar-refractivity contribution in [2.45, 2.75) is 45.7 Å². The molecule has 1 aromatic carbocycles. The first-order valence-electron chi connectivity index (χ1n) is 7.52. The number of rotatable bonds is 6. The maximum absolute atomic E-state index is 12.8. The van der Waals surface area contributed by atoms with Gasteiger partial charge in [0.2, 0.25) is 0 Å². The smallest absolute Gasteiger partial charge is 0.191 e. The second-order valence-electron chi connectivity index (χ2n) is 5.36. The fourth-order valence-electron chi connectivity index (χ4n) is 2.37. The second-order valence-corrected chi connectivity index (χ2v) is 5.36. The molecule has 0 bridgehead atoms. The van der Waals surface area contributed by atoms with Crippen LogP contribution in [0.4, 0.5) is 4.39 Å². The maximum Gasteiger partial charge on any atom is 0.191 e. The zero-order chi connectivity index (χ0) is 14.4. The van der Waals surface area contributed by atoms with E-state index in [0.717, 1.165) is 24.0 Å². The Bertz CT molecular complexity index is 442. The zero-order valence-electron chi connectivity index (χ0n) is 12.3. The molecule has 3 nitrogen and oxygen atoms in total. The Morgan fingerprint density at radius 2 is 2.05 bits per heavy atom. The van der Waals surface area contributed by atoms with Gasteiger partial charge in [0.05, 0.1) is 6.54 Å². The third-order valence-electron chi connectivity index (χ3n) is 3.58. The van der Waals surface area contributed by atoms with Gasteiger partial charge in [-0.15, -0.1) is 0 Å². The topological polar surface area (TPSA) is 36.4 Å². The van der Waals surface area contributed by atoms with Gasteiger partial charge in [-0.05, 0) is 43.4 Å². The molecule has 0 saturated heterocycles. The minimum atomic E-state index is -0.205. The highest BCUT2D eigenvalue weighted by molar-refractivity contribution is 5.80. The van der Waals surface area contributed by atoms with Crippen LogP contribution in [0.5, 0.6) is 0 Å². The minimum Gasteiger partial charge on any atom is -0.357 e. The number of hydrogen-bond acceptors (Lipinski definition) is 1. The third kappa shape index (κ3) is 4.51.